The molecule has 2 aromatic carbocycles. The maximum atomic E-state index is 12.3. The van der Waals surface area contributed by atoms with Crippen molar-refractivity contribution in [3.05, 3.63) is 54.1 Å². The number of hydrogen-bond donors (Lipinski definition) is 1. The van der Waals surface area contributed by atoms with Gasteiger partial charge >= 0.3 is 6.36 Å². The van der Waals surface area contributed by atoms with Crippen LogP contribution in [-0.2, 0) is 16.2 Å². The average Bonchev–Trinajstić information content (AvgIpc) is 3.07. The van der Waals surface area contributed by atoms with E-state index in [0.717, 1.165) is 0 Å². The number of halogens is 3. The van der Waals surface area contributed by atoms with E-state index in [1.807, 2.05) is 0 Å². The van der Waals surface area contributed by atoms with Gasteiger partial charge in [0.1, 0.15) is 18.1 Å². The number of ether oxygens (including phenoxy) is 2. The van der Waals surface area contributed by atoms with E-state index in [0.29, 0.717) is 23.5 Å². The van der Waals surface area contributed by atoms with E-state index in [4.69, 9.17) is 4.74 Å². The van der Waals surface area contributed by atoms with Crippen LogP contribution in [0.15, 0.2) is 48.5 Å². The lowest BCUT2D eigenvalue weighted by molar-refractivity contribution is -0.274. The lowest BCUT2D eigenvalue weighted by Crippen LogP contribution is -2.30. The van der Waals surface area contributed by atoms with Crippen LogP contribution in [0.4, 0.5) is 18.9 Å². The van der Waals surface area contributed by atoms with Crippen molar-refractivity contribution in [2.45, 2.75) is 19.4 Å². The molecule has 29 heavy (non-hydrogen) atoms. The van der Waals surface area contributed by atoms with Gasteiger partial charge in [-0.2, -0.15) is 0 Å². The third-order valence-corrected chi connectivity index (χ3v) is 4.43. The summed E-state index contributed by atoms with van der Waals surface area (Å²) in [4.78, 5) is 25.4. The van der Waals surface area contributed by atoms with Crippen molar-refractivity contribution in [2.75, 3.05) is 18.5 Å². The number of nitrogens with one attached hydrogen (secondary N) is 1. The Bertz CT molecular complexity index is 884. The minimum absolute atomic E-state index is 0.0514. The minimum atomic E-state index is -4.75. The summed E-state index contributed by atoms with van der Waals surface area (Å²) in [6.45, 7) is 0.362. The van der Waals surface area contributed by atoms with Gasteiger partial charge in [-0.25, -0.2) is 0 Å². The molecule has 6 nitrogen and oxygen atoms in total. The van der Waals surface area contributed by atoms with Crippen LogP contribution in [0, 0.1) is 5.92 Å². The topological polar surface area (TPSA) is 67.9 Å². The van der Waals surface area contributed by atoms with Crippen molar-refractivity contribution in [3.8, 4) is 11.5 Å². The highest BCUT2D eigenvalue weighted by Gasteiger charge is 2.34. The number of carbonyl (C=O) groups is 2. The molecular formula is C20H19F3N2O4. The number of alkyl halides is 3. The Kier molecular flexibility index (Phi) is 5.95. The molecule has 1 atom stereocenters. The van der Waals surface area contributed by atoms with Crippen molar-refractivity contribution >= 4 is 17.5 Å². The van der Waals surface area contributed by atoms with Gasteiger partial charge in [-0.05, 0) is 42.0 Å². The molecule has 1 fully saturated rings. The van der Waals surface area contributed by atoms with Crippen molar-refractivity contribution < 1.29 is 32.2 Å². The van der Waals surface area contributed by atoms with Crippen LogP contribution >= 0.6 is 0 Å². The fraction of sp³-hybridized carbons (Fsp3) is 0.300. The van der Waals surface area contributed by atoms with Crippen molar-refractivity contribution in [3.63, 3.8) is 0 Å². The second kappa shape index (κ2) is 8.42. The van der Waals surface area contributed by atoms with E-state index >= 15 is 0 Å². The Morgan fingerprint density at radius 3 is 2.55 bits per heavy atom. The first-order valence-corrected chi connectivity index (χ1v) is 8.84. The average molecular weight is 408 g/mol. The Labute approximate surface area is 165 Å². The van der Waals surface area contributed by atoms with E-state index in [2.05, 4.69) is 10.1 Å². The maximum absolute atomic E-state index is 12.3. The van der Waals surface area contributed by atoms with Crippen LogP contribution in [0.3, 0.4) is 0 Å². The second-order valence-electron chi connectivity index (χ2n) is 6.50. The fourth-order valence-corrected chi connectivity index (χ4v) is 3.06. The molecular weight excluding hydrogens is 389 g/mol. The van der Waals surface area contributed by atoms with Crippen LogP contribution in [0.25, 0.3) is 0 Å². The van der Waals surface area contributed by atoms with E-state index in [-0.39, 0.29) is 36.5 Å². The summed E-state index contributed by atoms with van der Waals surface area (Å²) in [6.07, 6.45) is -4.59. The van der Waals surface area contributed by atoms with E-state index in [1.165, 1.54) is 25.2 Å². The Hall–Kier alpha value is -3.23. The molecule has 9 heteroatoms. The minimum Gasteiger partial charge on any atom is -0.489 e. The van der Waals surface area contributed by atoms with Gasteiger partial charge in [0.05, 0.1) is 5.92 Å². The number of hydrogen-bond acceptors (Lipinski definition) is 4. The molecule has 2 aromatic rings. The first kappa shape index (κ1) is 20.5. The highest BCUT2D eigenvalue weighted by atomic mass is 19.4. The smallest absolute Gasteiger partial charge is 0.489 e. The van der Waals surface area contributed by atoms with Crippen LogP contribution in [-0.4, -0.2) is 31.8 Å². The molecule has 1 saturated heterocycles. The lowest BCUT2D eigenvalue weighted by atomic mass is 10.1. The van der Waals surface area contributed by atoms with Gasteiger partial charge in [-0.15, -0.1) is 13.2 Å². The van der Waals surface area contributed by atoms with Gasteiger partial charge in [0.15, 0.2) is 0 Å². The highest BCUT2D eigenvalue weighted by molar-refractivity contribution is 6.00. The van der Waals surface area contributed by atoms with Gasteiger partial charge in [0, 0.05) is 25.7 Å². The van der Waals surface area contributed by atoms with E-state index < -0.39 is 6.36 Å². The van der Waals surface area contributed by atoms with Gasteiger partial charge in [0.2, 0.25) is 11.8 Å². The molecule has 2 amide bonds. The maximum Gasteiger partial charge on any atom is 0.573 e. The lowest BCUT2D eigenvalue weighted by Gasteiger charge is -2.17. The molecule has 0 aliphatic carbocycles. The molecule has 0 saturated carbocycles. The number of rotatable bonds is 6. The number of carbonyl (C=O) groups excluding carboxylic acids is 2. The summed E-state index contributed by atoms with van der Waals surface area (Å²) in [5.41, 5.74) is 1.16. The van der Waals surface area contributed by atoms with Crippen LogP contribution < -0.4 is 19.7 Å². The second-order valence-corrected chi connectivity index (χ2v) is 6.50. The van der Waals surface area contributed by atoms with Crippen molar-refractivity contribution in [1.29, 1.82) is 0 Å². The van der Waals surface area contributed by atoms with E-state index in [1.54, 1.807) is 35.2 Å². The summed E-state index contributed by atoms with van der Waals surface area (Å²) in [5.74, 6) is -0.501. The summed E-state index contributed by atoms with van der Waals surface area (Å²) < 4.78 is 46.4. The number of benzene rings is 2. The molecule has 0 aromatic heterocycles. The monoisotopic (exact) mass is 408 g/mol. The summed E-state index contributed by atoms with van der Waals surface area (Å²) in [5, 5.41) is 2.55. The first-order valence-electron chi connectivity index (χ1n) is 8.84. The quantitative estimate of drug-likeness (QED) is 0.797. The summed E-state index contributed by atoms with van der Waals surface area (Å²) in [7, 11) is 1.53. The zero-order valence-electron chi connectivity index (χ0n) is 15.5. The third-order valence-electron chi connectivity index (χ3n) is 4.43. The zero-order valence-corrected chi connectivity index (χ0v) is 15.5. The summed E-state index contributed by atoms with van der Waals surface area (Å²) >= 11 is 0. The third kappa shape index (κ3) is 5.40. The molecule has 1 N–H and O–H groups in total. The van der Waals surface area contributed by atoms with Crippen molar-refractivity contribution in [1.82, 2.24) is 5.32 Å². The zero-order chi connectivity index (χ0) is 21.0. The number of amides is 2. The Balaban J connectivity index is 1.60. The Morgan fingerprint density at radius 2 is 1.90 bits per heavy atom. The standard InChI is InChI=1S/C20H19F3N2O4/c1-24-19(27)14-10-18(26)25(11-14)15-5-7-16(8-6-15)28-12-13-3-2-4-17(9-13)29-20(21,22)23/h2-9,14H,10-12H2,1H3,(H,24,27)/t14-/m0/s1. The van der Waals surface area contributed by atoms with Crippen LogP contribution in [0.1, 0.15) is 12.0 Å². The molecule has 154 valence electrons. The number of anilines is 1. The molecule has 3 rings (SSSR count). The van der Waals surface area contributed by atoms with Gasteiger partial charge < -0.3 is 19.7 Å². The first-order chi connectivity index (χ1) is 13.7. The van der Waals surface area contributed by atoms with Crippen LogP contribution in [0.2, 0.25) is 0 Å². The van der Waals surface area contributed by atoms with Gasteiger partial charge in [-0.1, -0.05) is 12.1 Å². The molecule has 0 bridgehead atoms. The SMILES string of the molecule is CNC(=O)[C@H]1CC(=O)N(c2ccc(OCc3cccc(OC(F)(F)F)c3)cc2)C1. The van der Waals surface area contributed by atoms with E-state index in [9.17, 15) is 22.8 Å². The Morgan fingerprint density at radius 1 is 1.17 bits per heavy atom. The normalized spacial score (nSPS) is 16.6. The van der Waals surface area contributed by atoms with Gasteiger partial charge in [-0.3, -0.25) is 9.59 Å². The molecule has 0 radical (unpaired) electrons. The fourth-order valence-electron chi connectivity index (χ4n) is 3.06. The van der Waals surface area contributed by atoms with Crippen molar-refractivity contribution in [2.24, 2.45) is 5.92 Å². The van der Waals surface area contributed by atoms with Crippen LogP contribution in [0.5, 0.6) is 11.5 Å². The van der Waals surface area contributed by atoms with Gasteiger partial charge in [0.25, 0.3) is 0 Å². The largest absolute Gasteiger partial charge is 0.573 e. The number of nitrogens with zero attached hydrogens (tertiary/aromatic N) is 1. The predicted octanol–water partition coefficient (Wildman–Crippen LogP) is 3.26. The molecule has 1 aliphatic rings. The molecule has 1 aliphatic heterocycles. The highest BCUT2D eigenvalue weighted by Crippen LogP contribution is 2.28. The molecule has 0 spiro atoms. The predicted molar refractivity (Wildman–Crippen MR) is 98.4 cm³/mol. The molecule has 1 heterocycles. The summed E-state index contributed by atoms with van der Waals surface area (Å²) in [6, 6.07) is 12.3. The molecule has 0 unspecified atom stereocenters.